The average molecular weight is 553 g/mol. The molecule has 0 aromatic carbocycles. The molecule has 0 amide bonds. The van der Waals surface area contributed by atoms with Crippen LogP contribution in [-0.4, -0.2) is 48.2 Å². The Morgan fingerprint density at radius 1 is 1.16 bits per heavy atom. The van der Waals surface area contributed by atoms with Crippen molar-refractivity contribution in [1.82, 2.24) is 20.6 Å². The van der Waals surface area contributed by atoms with Crippen LogP contribution in [0.15, 0.2) is 47.7 Å². The van der Waals surface area contributed by atoms with Gasteiger partial charge >= 0.3 is 0 Å². The molecule has 0 radical (unpaired) electrons. The van der Waals surface area contributed by atoms with Crippen LogP contribution >= 0.6 is 24.0 Å². The fraction of sp³-hybridized carbons (Fsp3) is 0.542. The van der Waals surface area contributed by atoms with Gasteiger partial charge < -0.3 is 20.3 Å². The number of rotatable bonds is 8. The molecule has 0 spiro atoms. The molecule has 0 saturated carbocycles. The molecular formula is C24H37IN6O. The molecule has 7 nitrogen and oxygen atoms in total. The van der Waals surface area contributed by atoms with Crippen molar-refractivity contribution in [2.24, 2.45) is 10.9 Å². The average Bonchev–Trinajstić information content (AvgIpc) is 2.77. The molecule has 1 aliphatic rings. The van der Waals surface area contributed by atoms with E-state index in [2.05, 4.69) is 57.3 Å². The van der Waals surface area contributed by atoms with Crippen molar-refractivity contribution in [2.75, 3.05) is 25.0 Å². The summed E-state index contributed by atoms with van der Waals surface area (Å²) in [5.41, 5.74) is 1.12. The van der Waals surface area contributed by atoms with Crippen molar-refractivity contribution in [3.63, 3.8) is 0 Å². The standard InChI is InChI=1S/C24H36N6O.HI/c1-18(2)15-19(3)31-23-16-20(8-12-27-23)17-28-24(25-4)29-21-9-13-30(14-10-21)22-7-5-6-11-26-22;/h5-8,11-12,16,18-19,21H,9-10,13-15,17H2,1-4H3,(H2,25,28,29);1H. The number of hydrogen-bond acceptors (Lipinski definition) is 5. The van der Waals surface area contributed by atoms with Gasteiger partial charge in [0, 0.05) is 51.2 Å². The van der Waals surface area contributed by atoms with Crippen LogP contribution in [0.1, 0.15) is 45.6 Å². The normalized spacial score (nSPS) is 15.8. The molecule has 32 heavy (non-hydrogen) atoms. The van der Waals surface area contributed by atoms with Crippen LogP contribution in [0.5, 0.6) is 5.88 Å². The van der Waals surface area contributed by atoms with E-state index in [0.29, 0.717) is 24.4 Å². The molecule has 0 bridgehead atoms. The highest BCUT2D eigenvalue weighted by molar-refractivity contribution is 14.0. The predicted molar refractivity (Wildman–Crippen MR) is 142 cm³/mol. The highest BCUT2D eigenvalue weighted by Crippen LogP contribution is 2.17. The fourth-order valence-electron chi connectivity index (χ4n) is 3.91. The van der Waals surface area contributed by atoms with Crippen LogP contribution in [0.4, 0.5) is 5.82 Å². The van der Waals surface area contributed by atoms with Crippen LogP contribution < -0.4 is 20.3 Å². The summed E-state index contributed by atoms with van der Waals surface area (Å²) < 4.78 is 5.97. The molecular weight excluding hydrogens is 515 g/mol. The lowest BCUT2D eigenvalue weighted by Gasteiger charge is -2.33. The molecule has 3 rings (SSSR count). The molecule has 2 N–H and O–H groups in total. The summed E-state index contributed by atoms with van der Waals surface area (Å²) in [4.78, 5) is 15.6. The van der Waals surface area contributed by atoms with Crippen LogP contribution in [0.25, 0.3) is 0 Å². The van der Waals surface area contributed by atoms with Crippen molar-refractivity contribution >= 4 is 35.8 Å². The largest absolute Gasteiger partial charge is 0.475 e. The molecule has 1 atom stereocenters. The summed E-state index contributed by atoms with van der Waals surface area (Å²) in [6.45, 7) is 9.15. The first-order chi connectivity index (χ1) is 15.0. The summed E-state index contributed by atoms with van der Waals surface area (Å²) >= 11 is 0. The molecule has 1 unspecified atom stereocenters. The third kappa shape index (κ3) is 8.44. The lowest BCUT2D eigenvalue weighted by atomic mass is 10.1. The first-order valence-corrected chi connectivity index (χ1v) is 11.3. The van der Waals surface area contributed by atoms with Gasteiger partial charge in [-0.3, -0.25) is 4.99 Å². The lowest BCUT2D eigenvalue weighted by molar-refractivity contribution is 0.185. The molecule has 1 aliphatic heterocycles. The Labute approximate surface area is 209 Å². The van der Waals surface area contributed by atoms with Gasteiger partial charge in [-0.2, -0.15) is 0 Å². The number of aliphatic imine (C=N–C) groups is 1. The molecule has 1 saturated heterocycles. The zero-order chi connectivity index (χ0) is 22.1. The van der Waals surface area contributed by atoms with E-state index < -0.39 is 0 Å². The van der Waals surface area contributed by atoms with Crippen molar-refractivity contribution in [3.05, 3.63) is 48.3 Å². The van der Waals surface area contributed by atoms with E-state index in [0.717, 1.165) is 49.7 Å². The van der Waals surface area contributed by atoms with E-state index in [-0.39, 0.29) is 30.1 Å². The number of guanidine groups is 1. The van der Waals surface area contributed by atoms with Gasteiger partial charge in [-0.15, -0.1) is 24.0 Å². The second-order valence-electron chi connectivity index (χ2n) is 8.58. The lowest BCUT2D eigenvalue weighted by Crippen LogP contribution is -2.48. The molecule has 2 aromatic rings. The zero-order valence-electron chi connectivity index (χ0n) is 19.6. The maximum Gasteiger partial charge on any atom is 0.213 e. The van der Waals surface area contributed by atoms with E-state index in [4.69, 9.17) is 4.74 Å². The molecule has 8 heteroatoms. The summed E-state index contributed by atoms with van der Waals surface area (Å²) in [5, 5.41) is 6.98. The molecule has 3 heterocycles. The minimum atomic E-state index is 0. The van der Waals surface area contributed by atoms with E-state index in [9.17, 15) is 0 Å². The summed E-state index contributed by atoms with van der Waals surface area (Å²) in [5.74, 6) is 3.16. The smallest absolute Gasteiger partial charge is 0.213 e. The van der Waals surface area contributed by atoms with Gasteiger partial charge in [0.05, 0.1) is 6.10 Å². The number of nitrogens with one attached hydrogen (secondary N) is 2. The predicted octanol–water partition coefficient (Wildman–Crippen LogP) is 4.24. The Morgan fingerprint density at radius 3 is 2.59 bits per heavy atom. The van der Waals surface area contributed by atoms with Crippen LogP contribution in [-0.2, 0) is 6.54 Å². The Hall–Kier alpha value is -2.10. The van der Waals surface area contributed by atoms with E-state index >= 15 is 0 Å². The maximum absolute atomic E-state index is 5.97. The maximum atomic E-state index is 5.97. The van der Waals surface area contributed by atoms with Crippen molar-refractivity contribution < 1.29 is 4.74 Å². The number of halogens is 1. The SMILES string of the molecule is CN=C(NCc1ccnc(OC(C)CC(C)C)c1)NC1CCN(c2ccccn2)CC1.I. The molecule has 1 fully saturated rings. The topological polar surface area (TPSA) is 74.7 Å². The van der Waals surface area contributed by atoms with Crippen molar-refractivity contribution in [1.29, 1.82) is 0 Å². The van der Waals surface area contributed by atoms with Crippen molar-refractivity contribution in [3.8, 4) is 5.88 Å². The van der Waals surface area contributed by atoms with E-state index in [1.165, 1.54) is 0 Å². The summed E-state index contributed by atoms with van der Waals surface area (Å²) in [6.07, 6.45) is 6.93. The Bertz CT molecular complexity index is 824. The van der Waals surface area contributed by atoms with Gasteiger partial charge in [-0.25, -0.2) is 9.97 Å². The van der Waals surface area contributed by atoms with E-state index in [1.807, 2.05) is 37.5 Å². The van der Waals surface area contributed by atoms with Crippen molar-refractivity contribution in [2.45, 2.75) is 58.7 Å². The van der Waals surface area contributed by atoms with Crippen LogP contribution in [0.3, 0.4) is 0 Å². The Kier molecular flexibility index (Phi) is 11.0. The quantitative estimate of drug-likeness (QED) is 0.290. The number of ether oxygens (including phenoxy) is 1. The summed E-state index contributed by atoms with van der Waals surface area (Å²) in [7, 11) is 1.81. The first kappa shape index (κ1) is 26.2. The van der Waals surface area contributed by atoms with E-state index in [1.54, 1.807) is 6.20 Å². The van der Waals surface area contributed by atoms with Gasteiger partial charge in [0.2, 0.25) is 5.88 Å². The number of pyridine rings is 2. The molecule has 2 aromatic heterocycles. The number of nitrogens with zero attached hydrogens (tertiary/aromatic N) is 4. The number of aromatic nitrogens is 2. The molecule has 176 valence electrons. The second-order valence-corrected chi connectivity index (χ2v) is 8.58. The zero-order valence-corrected chi connectivity index (χ0v) is 22.0. The first-order valence-electron chi connectivity index (χ1n) is 11.3. The minimum absolute atomic E-state index is 0. The monoisotopic (exact) mass is 552 g/mol. The highest BCUT2D eigenvalue weighted by Gasteiger charge is 2.20. The van der Waals surface area contributed by atoms with Gasteiger partial charge in [0.1, 0.15) is 5.82 Å². The molecule has 0 aliphatic carbocycles. The Balaban J connectivity index is 0.00000363. The minimum Gasteiger partial charge on any atom is -0.475 e. The number of hydrogen-bond donors (Lipinski definition) is 2. The van der Waals surface area contributed by atoms with Gasteiger partial charge in [0.15, 0.2) is 5.96 Å². The second kappa shape index (κ2) is 13.4. The number of piperidine rings is 1. The number of anilines is 1. The highest BCUT2D eigenvalue weighted by atomic mass is 127. The Morgan fingerprint density at radius 2 is 1.94 bits per heavy atom. The van der Waals surface area contributed by atoms with Crippen LogP contribution in [0.2, 0.25) is 0 Å². The summed E-state index contributed by atoms with van der Waals surface area (Å²) in [6, 6.07) is 10.5. The van der Waals surface area contributed by atoms with Gasteiger partial charge in [-0.1, -0.05) is 19.9 Å². The third-order valence-electron chi connectivity index (χ3n) is 5.42. The third-order valence-corrected chi connectivity index (χ3v) is 5.42. The van der Waals surface area contributed by atoms with Gasteiger partial charge in [0.25, 0.3) is 0 Å². The van der Waals surface area contributed by atoms with Gasteiger partial charge in [-0.05, 0) is 55.9 Å². The van der Waals surface area contributed by atoms with Crippen LogP contribution in [0, 0.1) is 5.92 Å². The fourth-order valence-corrected chi connectivity index (χ4v) is 3.91.